The lowest BCUT2D eigenvalue weighted by atomic mass is 10.0. The highest BCUT2D eigenvalue weighted by Gasteiger charge is 2.06. The molecule has 67 valence electrons. The quantitative estimate of drug-likeness (QED) is 0.646. The SMILES string of the molecule is [CH2]c1cc(C(C)=O)ccc1C(C)=O. The maximum Gasteiger partial charge on any atom is 0.160 e. The average molecular weight is 175 g/mol. The van der Waals surface area contributed by atoms with Gasteiger partial charge in [-0.1, -0.05) is 12.1 Å². The molecule has 0 amide bonds. The standard InChI is InChI=1S/C11H11O2/c1-7-6-10(8(2)12)4-5-11(7)9(3)13/h4-6H,1H2,2-3H3. The van der Waals surface area contributed by atoms with E-state index in [2.05, 4.69) is 6.92 Å². The Morgan fingerprint density at radius 1 is 1.15 bits per heavy atom. The Morgan fingerprint density at radius 3 is 2.15 bits per heavy atom. The Hall–Kier alpha value is -1.44. The van der Waals surface area contributed by atoms with Crippen LogP contribution in [0.5, 0.6) is 0 Å². The molecule has 0 aliphatic rings. The van der Waals surface area contributed by atoms with Crippen molar-refractivity contribution in [3.8, 4) is 0 Å². The molecule has 0 N–H and O–H groups in total. The Balaban J connectivity index is 3.20. The van der Waals surface area contributed by atoms with E-state index in [0.717, 1.165) is 0 Å². The number of hydrogen-bond donors (Lipinski definition) is 0. The molecule has 1 aromatic carbocycles. The van der Waals surface area contributed by atoms with Gasteiger partial charge in [-0.05, 0) is 32.4 Å². The van der Waals surface area contributed by atoms with Gasteiger partial charge in [0.05, 0.1) is 0 Å². The summed E-state index contributed by atoms with van der Waals surface area (Å²) >= 11 is 0. The first-order chi connectivity index (χ1) is 6.02. The predicted molar refractivity (Wildman–Crippen MR) is 50.9 cm³/mol. The molecule has 1 radical (unpaired) electrons. The van der Waals surface area contributed by atoms with Crippen LogP contribution in [0, 0.1) is 6.92 Å². The van der Waals surface area contributed by atoms with Crippen molar-refractivity contribution in [3.63, 3.8) is 0 Å². The molecule has 0 aromatic heterocycles. The van der Waals surface area contributed by atoms with Gasteiger partial charge in [0.1, 0.15) is 0 Å². The Labute approximate surface area is 77.6 Å². The van der Waals surface area contributed by atoms with E-state index in [1.54, 1.807) is 18.2 Å². The fourth-order valence-corrected chi connectivity index (χ4v) is 1.16. The van der Waals surface area contributed by atoms with Gasteiger partial charge in [0.25, 0.3) is 0 Å². The van der Waals surface area contributed by atoms with E-state index >= 15 is 0 Å². The fourth-order valence-electron chi connectivity index (χ4n) is 1.16. The lowest BCUT2D eigenvalue weighted by Crippen LogP contribution is -1.99. The fraction of sp³-hybridized carbons (Fsp3) is 0.182. The van der Waals surface area contributed by atoms with Crippen molar-refractivity contribution >= 4 is 11.6 Å². The summed E-state index contributed by atoms with van der Waals surface area (Å²) in [4.78, 5) is 22.0. The topological polar surface area (TPSA) is 34.1 Å². The van der Waals surface area contributed by atoms with Gasteiger partial charge in [0, 0.05) is 11.1 Å². The third-order valence-corrected chi connectivity index (χ3v) is 1.89. The van der Waals surface area contributed by atoms with E-state index in [1.165, 1.54) is 13.8 Å². The number of ketones is 2. The van der Waals surface area contributed by atoms with Crippen LogP contribution in [0.25, 0.3) is 0 Å². The van der Waals surface area contributed by atoms with Gasteiger partial charge in [-0.15, -0.1) is 0 Å². The molecule has 1 rings (SSSR count). The largest absolute Gasteiger partial charge is 0.295 e. The Bertz CT molecular complexity index is 364. The highest BCUT2D eigenvalue weighted by Crippen LogP contribution is 2.11. The van der Waals surface area contributed by atoms with E-state index in [-0.39, 0.29) is 11.6 Å². The summed E-state index contributed by atoms with van der Waals surface area (Å²) in [5, 5.41) is 0. The second kappa shape index (κ2) is 3.52. The molecule has 0 unspecified atom stereocenters. The second-order valence-electron chi connectivity index (χ2n) is 2.98. The Morgan fingerprint density at radius 2 is 1.77 bits per heavy atom. The van der Waals surface area contributed by atoms with E-state index in [9.17, 15) is 9.59 Å². The van der Waals surface area contributed by atoms with Crippen LogP contribution in [0.3, 0.4) is 0 Å². The predicted octanol–water partition coefficient (Wildman–Crippen LogP) is 2.27. The van der Waals surface area contributed by atoms with Crippen molar-refractivity contribution in [2.24, 2.45) is 0 Å². The van der Waals surface area contributed by atoms with E-state index in [1.807, 2.05) is 0 Å². The first kappa shape index (κ1) is 9.65. The number of benzene rings is 1. The molecule has 0 aliphatic heterocycles. The van der Waals surface area contributed by atoms with Crippen molar-refractivity contribution in [2.45, 2.75) is 13.8 Å². The second-order valence-corrected chi connectivity index (χ2v) is 2.98. The van der Waals surface area contributed by atoms with Crippen molar-refractivity contribution in [1.82, 2.24) is 0 Å². The van der Waals surface area contributed by atoms with Crippen molar-refractivity contribution in [2.75, 3.05) is 0 Å². The van der Waals surface area contributed by atoms with Crippen LogP contribution in [0.4, 0.5) is 0 Å². The molecule has 0 aliphatic carbocycles. The van der Waals surface area contributed by atoms with E-state index in [4.69, 9.17) is 0 Å². The van der Waals surface area contributed by atoms with Crippen molar-refractivity contribution in [1.29, 1.82) is 0 Å². The summed E-state index contributed by atoms with van der Waals surface area (Å²) in [6.07, 6.45) is 0. The maximum absolute atomic E-state index is 11.0. The summed E-state index contributed by atoms with van der Waals surface area (Å²) in [5.41, 5.74) is 1.78. The normalized spacial score (nSPS) is 9.77. The number of carbonyl (C=O) groups excluding carboxylic acids is 2. The molecule has 0 spiro atoms. The number of hydrogen-bond acceptors (Lipinski definition) is 2. The minimum absolute atomic E-state index is 0.0139. The number of carbonyl (C=O) groups is 2. The summed E-state index contributed by atoms with van der Waals surface area (Å²) in [5.74, 6) is -0.0416. The average Bonchev–Trinajstić information content (AvgIpc) is 2.03. The number of Topliss-reactive ketones (excluding diaryl/α,β-unsaturated/α-hetero) is 2. The van der Waals surface area contributed by atoms with E-state index < -0.39 is 0 Å². The zero-order valence-electron chi connectivity index (χ0n) is 7.76. The summed E-state index contributed by atoms with van der Waals surface area (Å²) in [6.45, 7) is 6.68. The summed E-state index contributed by atoms with van der Waals surface area (Å²) in [7, 11) is 0. The van der Waals surface area contributed by atoms with Crippen LogP contribution in [0.1, 0.15) is 40.1 Å². The van der Waals surface area contributed by atoms with Crippen LogP contribution < -0.4 is 0 Å². The molecule has 13 heavy (non-hydrogen) atoms. The molecular weight excluding hydrogens is 164 g/mol. The molecule has 1 aromatic rings. The van der Waals surface area contributed by atoms with Crippen LogP contribution in [-0.2, 0) is 0 Å². The molecule has 2 heteroatoms. The number of rotatable bonds is 2. The maximum atomic E-state index is 11.0. The molecule has 0 bridgehead atoms. The monoisotopic (exact) mass is 175 g/mol. The summed E-state index contributed by atoms with van der Waals surface area (Å²) < 4.78 is 0. The van der Waals surface area contributed by atoms with Crippen LogP contribution >= 0.6 is 0 Å². The van der Waals surface area contributed by atoms with Crippen LogP contribution in [0.2, 0.25) is 0 Å². The van der Waals surface area contributed by atoms with Gasteiger partial charge in [-0.2, -0.15) is 0 Å². The van der Waals surface area contributed by atoms with Gasteiger partial charge in [0.2, 0.25) is 0 Å². The third kappa shape index (κ3) is 2.02. The molecule has 0 fully saturated rings. The van der Waals surface area contributed by atoms with Gasteiger partial charge in [-0.25, -0.2) is 0 Å². The van der Waals surface area contributed by atoms with Crippen LogP contribution in [-0.4, -0.2) is 11.6 Å². The van der Waals surface area contributed by atoms with Gasteiger partial charge < -0.3 is 0 Å². The van der Waals surface area contributed by atoms with Crippen molar-refractivity contribution < 1.29 is 9.59 Å². The lowest BCUT2D eigenvalue weighted by molar-refractivity contribution is 0.100. The Kier molecular flexibility index (Phi) is 2.61. The zero-order valence-corrected chi connectivity index (χ0v) is 7.76. The third-order valence-electron chi connectivity index (χ3n) is 1.89. The van der Waals surface area contributed by atoms with Gasteiger partial charge in [-0.3, -0.25) is 9.59 Å². The molecule has 0 saturated heterocycles. The van der Waals surface area contributed by atoms with Crippen molar-refractivity contribution in [3.05, 3.63) is 41.8 Å². The first-order valence-corrected chi connectivity index (χ1v) is 4.00. The lowest BCUT2D eigenvalue weighted by Gasteiger charge is -2.02. The molecule has 0 heterocycles. The molecular formula is C11H11O2. The smallest absolute Gasteiger partial charge is 0.160 e. The molecule has 0 atom stereocenters. The van der Waals surface area contributed by atoms with E-state index in [0.29, 0.717) is 16.7 Å². The minimum atomic E-state index is -0.0277. The van der Waals surface area contributed by atoms with Gasteiger partial charge >= 0.3 is 0 Å². The molecule has 0 saturated carbocycles. The van der Waals surface area contributed by atoms with Gasteiger partial charge in [0.15, 0.2) is 11.6 Å². The first-order valence-electron chi connectivity index (χ1n) is 4.00. The van der Waals surface area contributed by atoms with Crippen LogP contribution in [0.15, 0.2) is 18.2 Å². The zero-order chi connectivity index (χ0) is 10.0. The summed E-state index contributed by atoms with van der Waals surface area (Å²) in [6, 6.07) is 4.92. The minimum Gasteiger partial charge on any atom is -0.295 e. The highest BCUT2D eigenvalue weighted by molar-refractivity contribution is 5.99. The molecule has 2 nitrogen and oxygen atoms in total. The highest BCUT2D eigenvalue weighted by atomic mass is 16.1.